The minimum atomic E-state index is 0.445. The summed E-state index contributed by atoms with van der Waals surface area (Å²) in [6.07, 6.45) is 1.07. The molecule has 0 saturated heterocycles. The molecule has 104 valence electrons. The third-order valence-corrected chi connectivity index (χ3v) is 4.89. The van der Waals surface area contributed by atoms with Crippen LogP contribution in [0.15, 0.2) is 29.6 Å². The number of hydrogen-bond donors (Lipinski definition) is 0. The molecule has 0 unspecified atom stereocenters. The van der Waals surface area contributed by atoms with Crippen LogP contribution in [0.5, 0.6) is 0 Å². The van der Waals surface area contributed by atoms with Crippen LogP contribution in [-0.4, -0.2) is 9.55 Å². The number of benzene rings is 1. The molecule has 20 heavy (non-hydrogen) atoms. The summed E-state index contributed by atoms with van der Waals surface area (Å²) in [5.41, 5.74) is 4.87. The summed E-state index contributed by atoms with van der Waals surface area (Å²) in [6, 6.07) is 8.53. The number of thiophene rings is 1. The van der Waals surface area contributed by atoms with Crippen molar-refractivity contribution in [2.45, 2.75) is 32.7 Å². The Morgan fingerprint density at radius 1 is 1.30 bits per heavy atom. The topological polar surface area (TPSA) is 17.8 Å². The number of para-hydroxylation sites is 1. The number of hydrogen-bond acceptors (Lipinski definition) is 2. The van der Waals surface area contributed by atoms with Crippen LogP contribution in [0.25, 0.3) is 11.0 Å². The maximum atomic E-state index is 6.09. The monoisotopic (exact) mass is 304 g/mol. The Morgan fingerprint density at radius 3 is 2.90 bits per heavy atom. The van der Waals surface area contributed by atoms with Crippen LogP contribution in [0.1, 0.15) is 28.8 Å². The van der Waals surface area contributed by atoms with Crippen molar-refractivity contribution in [3.05, 3.63) is 51.5 Å². The molecular weight excluding hydrogens is 288 g/mol. The van der Waals surface area contributed by atoms with Crippen LogP contribution in [0, 0.1) is 6.92 Å². The molecule has 0 spiro atoms. The molecule has 0 atom stereocenters. The van der Waals surface area contributed by atoms with Gasteiger partial charge in [-0.15, -0.1) is 22.9 Å². The maximum Gasteiger partial charge on any atom is 0.125 e. The first-order chi connectivity index (χ1) is 9.74. The van der Waals surface area contributed by atoms with Crippen LogP contribution in [0.2, 0.25) is 0 Å². The number of halogens is 1. The lowest BCUT2D eigenvalue weighted by atomic mass is 10.2. The highest BCUT2D eigenvalue weighted by atomic mass is 35.5. The molecule has 3 rings (SSSR count). The van der Waals surface area contributed by atoms with Gasteiger partial charge in [-0.2, -0.15) is 0 Å². The van der Waals surface area contributed by atoms with E-state index < -0.39 is 0 Å². The molecule has 4 heteroatoms. The van der Waals surface area contributed by atoms with Crippen LogP contribution >= 0.6 is 22.9 Å². The van der Waals surface area contributed by atoms with Gasteiger partial charge in [0.2, 0.25) is 0 Å². The van der Waals surface area contributed by atoms with Crippen molar-refractivity contribution in [2.75, 3.05) is 0 Å². The predicted octanol–water partition coefficient (Wildman–Crippen LogP) is 4.76. The summed E-state index contributed by atoms with van der Waals surface area (Å²) in [6.45, 7) is 5.16. The van der Waals surface area contributed by atoms with Crippen molar-refractivity contribution in [2.24, 2.45) is 0 Å². The Morgan fingerprint density at radius 2 is 2.15 bits per heavy atom. The summed E-state index contributed by atoms with van der Waals surface area (Å²) in [7, 11) is 0. The minimum Gasteiger partial charge on any atom is -0.322 e. The summed E-state index contributed by atoms with van der Waals surface area (Å²) in [5.74, 6) is 1.40. The predicted molar refractivity (Wildman–Crippen MR) is 86.8 cm³/mol. The fourth-order valence-corrected chi connectivity index (χ4v) is 3.75. The van der Waals surface area contributed by atoms with Gasteiger partial charge < -0.3 is 4.57 Å². The molecular formula is C16H17ClN2S. The largest absolute Gasteiger partial charge is 0.322 e. The second-order valence-electron chi connectivity index (χ2n) is 4.91. The molecule has 2 heterocycles. The smallest absolute Gasteiger partial charge is 0.125 e. The van der Waals surface area contributed by atoms with Crippen LogP contribution in [-0.2, 0) is 18.8 Å². The summed E-state index contributed by atoms with van der Waals surface area (Å²) >= 11 is 7.90. The van der Waals surface area contributed by atoms with E-state index >= 15 is 0 Å². The number of nitrogens with zero attached hydrogens (tertiary/aromatic N) is 2. The molecule has 3 aromatic rings. The SMILES string of the molecule is CCc1ccsc1Cn1c(CCl)nc2c(C)cccc21. The van der Waals surface area contributed by atoms with E-state index in [2.05, 4.69) is 48.1 Å². The molecule has 0 aliphatic heterocycles. The lowest BCUT2D eigenvalue weighted by Crippen LogP contribution is -2.04. The Bertz CT molecular complexity index is 742. The molecule has 2 aromatic heterocycles. The maximum absolute atomic E-state index is 6.09. The zero-order valence-corrected chi connectivity index (χ0v) is 13.3. The summed E-state index contributed by atoms with van der Waals surface area (Å²) < 4.78 is 2.25. The molecule has 0 fully saturated rings. The molecule has 0 amide bonds. The third-order valence-electron chi connectivity index (χ3n) is 3.70. The minimum absolute atomic E-state index is 0.445. The lowest BCUT2D eigenvalue weighted by molar-refractivity contribution is 0.782. The first-order valence-electron chi connectivity index (χ1n) is 6.80. The Hall–Kier alpha value is -1.32. The zero-order valence-electron chi connectivity index (χ0n) is 11.7. The zero-order chi connectivity index (χ0) is 14.1. The quantitative estimate of drug-likeness (QED) is 0.636. The lowest BCUT2D eigenvalue weighted by Gasteiger charge is -2.08. The number of imidazole rings is 1. The first kappa shape index (κ1) is 13.7. The number of aryl methyl sites for hydroxylation is 2. The standard InChI is InChI=1S/C16H17ClN2S/c1-3-12-7-8-20-14(12)10-19-13-6-4-5-11(2)16(13)18-15(19)9-17/h4-8H,3,9-10H2,1-2H3. The Labute approximate surface area is 128 Å². The van der Waals surface area contributed by atoms with Gasteiger partial charge in [-0.1, -0.05) is 19.1 Å². The van der Waals surface area contributed by atoms with Crippen molar-refractivity contribution in [1.82, 2.24) is 9.55 Å². The second kappa shape index (κ2) is 5.58. The molecule has 0 saturated carbocycles. The van der Waals surface area contributed by atoms with E-state index in [4.69, 9.17) is 16.6 Å². The molecule has 2 nitrogen and oxygen atoms in total. The van der Waals surface area contributed by atoms with Gasteiger partial charge >= 0.3 is 0 Å². The Kier molecular flexibility index (Phi) is 3.81. The van der Waals surface area contributed by atoms with Gasteiger partial charge in [0, 0.05) is 4.88 Å². The molecule has 0 radical (unpaired) electrons. The second-order valence-corrected chi connectivity index (χ2v) is 6.18. The van der Waals surface area contributed by atoms with E-state index in [1.807, 2.05) is 11.3 Å². The highest BCUT2D eigenvalue weighted by molar-refractivity contribution is 7.10. The number of alkyl halides is 1. The molecule has 0 bridgehead atoms. The van der Waals surface area contributed by atoms with Gasteiger partial charge in [0.15, 0.2) is 0 Å². The van der Waals surface area contributed by atoms with Gasteiger partial charge in [0.25, 0.3) is 0 Å². The van der Waals surface area contributed by atoms with Crippen LogP contribution in [0.3, 0.4) is 0 Å². The van der Waals surface area contributed by atoms with Crippen molar-refractivity contribution in [1.29, 1.82) is 0 Å². The first-order valence-corrected chi connectivity index (χ1v) is 8.22. The number of fused-ring (bicyclic) bond motifs is 1. The Balaban J connectivity index is 2.13. The molecule has 0 N–H and O–H groups in total. The highest BCUT2D eigenvalue weighted by Crippen LogP contribution is 2.25. The molecule has 0 aliphatic carbocycles. The van der Waals surface area contributed by atoms with E-state index in [-0.39, 0.29) is 0 Å². The molecule has 1 aromatic carbocycles. The fourth-order valence-electron chi connectivity index (χ4n) is 2.58. The van der Waals surface area contributed by atoms with Crippen LogP contribution in [0.4, 0.5) is 0 Å². The van der Waals surface area contributed by atoms with E-state index in [9.17, 15) is 0 Å². The van der Waals surface area contributed by atoms with Gasteiger partial charge in [0.05, 0.1) is 23.5 Å². The van der Waals surface area contributed by atoms with Crippen LogP contribution < -0.4 is 0 Å². The van der Waals surface area contributed by atoms with E-state index in [1.54, 1.807) is 0 Å². The average Bonchev–Trinajstić information content (AvgIpc) is 3.05. The summed E-state index contributed by atoms with van der Waals surface area (Å²) in [5, 5.41) is 2.17. The third kappa shape index (κ3) is 2.25. The van der Waals surface area contributed by atoms with Crippen molar-refractivity contribution in [3.63, 3.8) is 0 Å². The summed E-state index contributed by atoms with van der Waals surface area (Å²) in [4.78, 5) is 6.10. The van der Waals surface area contributed by atoms with Gasteiger partial charge in [0.1, 0.15) is 5.82 Å². The van der Waals surface area contributed by atoms with E-state index in [0.29, 0.717) is 5.88 Å². The van der Waals surface area contributed by atoms with Crippen molar-refractivity contribution >= 4 is 34.0 Å². The van der Waals surface area contributed by atoms with Crippen molar-refractivity contribution in [3.8, 4) is 0 Å². The van der Waals surface area contributed by atoms with Gasteiger partial charge in [-0.05, 0) is 42.0 Å². The highest BCUT2D eigenvalue weighted by Gasteiger charge is 2.13. The van der Waals surface area contributed by atoms with Gasteiger partial charge in [-0.3, -0.25) is 0 Å². The number of aromatic nitrogens is 2. The molecule has 0 aliphatic rings. The fraction of sp³-hybridized carbons (Fsp3) is 0.312. The van der Waals surface area contributed by atoms with Crippen molar-refractivity contribution < 1.29 is 0 Å². The van der Waals surface area contributed by atoms with Gasteiger partial charge in [-0.25, -0.2) is 4.98 Å². The van der Waals surface area contributed by atoms with E-state index in [1.165, 1.54) is 21.5 Å². The normalized spacial score (nSPS) is 11.3. The average molecular weight is 305 g/mol. The van der Waals surface area contributed by atoms with E-state index in [0.717, 1.165) is 24.3 Å². The number of rotatable bonds is 4.